The lowest BCUT2D eigenvalue weighted by molar-refractivity contribution is 0.317. The zero-order valence-corrected chi connectivity index (χ0v) is 12.2. The van der Waals surface area contributed by atoms with Gasteiger partial charge in [0.2, 0.25) is 0 Å². The lowest BCUT2D eigenvalue weighted by Gasteiger charge is -2.24. The van der Waals surface area contributed by atoms with Gasteiger partial charge in [-0.25, -0.2) is 9.97 Å². The SMILES string of the molecule is Cc1cc(N(CC/C(N)=N/O)c2ccccc2)nc(C)n1. The van der Waals surface area contributed by atoms with Crippen molar-refractivity contribution < 1.29 is 5.21 Å². The summed E-state index contributed by atoms with van der Waals surface area (Å²) in [5.41, 5.74) is 7.48. The number of aromatic nitrogens is 2. The first-order valence-corrected chi connectivity index (χ1v) is 6.71. The average molecular weight is 285 g/mol. The summed E-state index contributed by atoms with van der Waals surface area (Å²) in [6.07, 6.45) is 0.438. The molecule has 6 nitrogen and oxygen atoms in total. The van der Waals surface area contributed by atoms with Crippen LogP contribution in [0.4, 0.5) is 11.5 Å². The third kappa shape index (κ3) is 3.92. The Kier molecular flexibility index (Phi) is 4.71. The van der Waals surface area contributed by atoms with E-state index in [4.69, 9.17) is 10.9 Å². The zero-order chi connectivity index (χ0) is 15.2. The molecule has 0 aliphatic carbocycles. The van der Waals surface area contributed by atoms with Crippen LogP contribution in [-0.4, -0.2) is 27.6 Å². The monoisotopic (exact) mass is 285 g/mol. The molecule has 0 spiro atoms. The molecule has 0 aliphatic heterocycles. The molecule has 21 heavy (non-hydrogen) atoms. The van der Waals surface area contributed by atoms with E-state index in [1.54, 1.807) is 0 Å². The highest BCUT2D eigenvalue weighted by molar-refractivity contribution is 5.80. The summed E-state index contributed by atoms with van der Waals surface area (Å²) in [7, 11) is 0. The lowest BCUT2D eigenvalue weighted by atomic mass is 10.2. The van der Waals surface area contributed by atoms with Crippen LogP contribution in [0.15, 0.2) is 41.6 Å². The first-order chi connectivity index (χ1) is 10.1. The first kappa shape index (κ1) is 14.8. The predicted molar refractivity (Wildman–Crippen MR) is 83.0 cm³/mol. The van der Waals surface area contributed by atoms with Crippen LogP contribution in [0.5, 0.6) is 0 Å². The van der Waals surface area contributed by atoms with Gasteiger partial charge in [-0.3, -0.25) is 0 Å². The second kappa shape index (κ2) is 6.69. The predicted octanol–water partition coefficient (Wildman–Crippen LogP) is 2.37. The Morgan fingerprint density at radius 2 is 1.95 bits per heavy atom. The molecule has 1 aromatic heterocycles. The van der Waals surface area contributed by atoms with Crippen LogP contribution in [0.25, 0.3) is 0 Å². The number of rotatable bonds is 5. The van der Waals surface area contributed by atoms with Gasteiger partial charge in [0, 0.05) is 30.4 Å². The maximum atomic E-state index is 8.70. The van der Waals surface area contributed by atoms with Gasteiger partial charge in [0.15, 0.2) is 0 Å². The minimum atomic E-state index is 0.193. The molecule has 0 atom stereocenters. The van der Waals surface area contributed by atoms with E-state index in [1.165, 1.54) is 0 Å². The molecule has 6 heteroatoms. The molecule has 110 valence electrons. The Bertz CT molecular complexity index is 607. The Balaban J connectivity index is 2.35. The molecule has 0 saturated heterocycles. The van der Waals surface area contributed by atoms with Crippen molar-refractivity contribution in [3.8, 4) is 0 Å². The largest absolute Gasteiger partial charge is 0.409 e. The fourth-order valence-corrected chi connectivity index (χ4v) is 2.10. The molecule has 2 aromatic rings. The number of para-hydroxylation sites is 1. The number of hydrogen-bond donors (Lipinski definition) is 2. The molecular formula is C15H19N5O. The number of nitrogens with two attached hydrogens (primary N) is 1. The highest BCUT2D eigenvalue weighted by Crippen LogP contribution is 2.24. The highest BCUT2D eigenvalue weighted by Gasteiger charge is 2.12. The normalized spacial score (nSPS) is 11.4. The molecule has 1 heterocycles. The molecule has 0 amide bonds. The van der Waals surface area contributed by atoms with Crippen LogP contribution in [0.3, 0.4) is 0 Å². The number of anilines is 2. The van der Waals surface area contributed by atoms with E-state index in [1.807, 2.05) is 55.1 Å². The van der Waals surface area contributed by atoms with Gasteiger partial charge in [-0.1, -0.05) is 23.4 Å². The number of oxime groups is 1. The van der Waals surface area contributed by atoms with Crippen molar-refractivity contribution in [2.75, 3.05) is 11.4 Å². The number of aryl methyl sites for hydroxylation is 2. The number of benzene rings is 1. The van der Waals surface area contributed by atoms with E-state index in [0.29, 0.717) is 13.0 Å². The lowest BCUT2D eigenvalue weighted by Crippen LogP contribution is -2.25. The van der Waals surface area contributed by atoms with Gasteiger partial charge in [0.05, 0.1) is 0 Å². The van der Waals surface area contributed by atoms with Crippen LogP contribution < -0.4 is 10.6 Å². The Morgan fingerprint density at radius 3 is 2.57 bits per heavy atom. The van der Waals surface area contributed by atoms with Crippen LogP contribution in [0.1, 0.15) is 17.9 Å². The summed E-state index contributed by atoms with van der Waals surface area (Å²) in [6.45, 7) is 4.36. The summed E-state index contributed by atoms with van der Waals surface area (Å²) < 4.78 is 0. The van der Waals surface area contributed by atoms with Crippen molar-refractivity contribution >= 4 is 17.3 Å². The Morgan fingerprint density at radius 1 is 1.24 bits per heavy atom. The first-order valence-electron chi connectivity index (χ1n) is 6.71. The van der Waals surface area contributed by atoms with Gasteiger partial charge in [0.1, 0.15) is 17.5 Å². The summed E-state index contributed by atoms with van der Waals surface area (Å²) in [5.74, 6) is 1.71. The summed E-state index contributed by atoms with van der Waals surface area (Å²) in [6, 6.07) is 11.8. The third-order valence-electron chi connectivity index (χ3n) is 3.02. The molecule has 3 N–H and O–H groups in total. The van der Waals surface area contributed by atoms with Crippen LogP contribution in [0.2, 0.25) is 0 Å². The van der Waals surface area contributed by atoms with Crippen LogP contribution in [0, 0.1) is 13.8 Å². The van der Waals surface area contributed by atoms with Gasteiger partial charge in [-0.2, -0.15) is 0 Å². The zero-order valence-electron chi connectivity index (χ0n) is 12.2. The van der Waals surface area contributed by atoms with Crippen molar-refractivity contribution in [1.82, 2.24) is 9.97 Å². The fourth-order valence-electron chi connectivity index (χ4n) is 2.10. The van der Waals surface area contributed by atoms with E-state index in [-0.39, 0.29) is 5.84 Å². The standard InChI is InChI=1S/C15H19N5O/c1-11-10-15(18-12(2)17-11)20(9-8-14(16)19-21)13-6-4-3-5-7-13/h3-7,10,21H,8-9H2,1-2H3,(H2,16,19). The molecule has 0 bridgehead atoms. The molecular weight excluding hydrogens is 266 g/mol. The van der Waals surface area contributed by atoms with Crippen molar-refractivity contribution in [3.05, 3.63) is 47.9 Å². The molecule has 0 radical (unpaired) electrons. The summed E-state index contributed by atoms with van der Waals surface area (Å²) >= 11 is 0. The minimum absolute atomic E-state index is 0.193. The molecule has 0 fully saturated rings. The maximum Gasteiger partial charge on any atom is 0.140 e. The quantitative estimate of drug-likeness (QED) is 0.381. The molecule has 0 unspecified atom stereocenters. The van der Waals surface area contributed by atoms with Gasteiger partial charge < -0.3 is 15.8 Å². The second-order valence-corrected chi connectivity index (χ2v) is 4.74. The Labute approximate surface area is 123 Å². The van der Waals surface area contributed by atoms with E-state index in [9.17, 15) is 0 Å². The van der Waals surface area contributed by atoms with Crippen molar-refractivity contribution in [2.24, 2.45) is 10.9 Å². The summed E-state index contributed by atoms with van der Waals surface area (Å²) in [5, 5.41) is 11.7. The van der Waals surface area contributed by atoms with Crippen LogP contribution >= 0.6 is 0 Å². The molecule has 0 aliphatic rings. The number of hydrogen-bond acceptors (Lipinski definition) is 5. The maximum absolute atomic E-state index is 8.70. The average Bonchev–Trinajstić information content (AvgIpc) is 2.47. The minimum Gasteiger partial charge on any atom is -0.409 e. The summed E-state index contributed by atoms with van der Waals surface area (Å²) in [4.78, 5) is 10.8. The van der Waals surface area contributed by atoms with E-state index >= 15 is 0 Å². The number of nitrogens with zero attached hydrogens (tertiary/aromatic N) is 4. The van der Waals surface area contributed by atoms with E-state index < -0.39 is 0 Å². The van der Waals surface area contributed by atoms with Crippen molar-refractivity contribution in [2.45, 2.75) is 20.3 Å². The topological polar surface area (TPSA) is 87.6 Å². The second-order valence-electron chi connectivity index (χ2n) is 4.74. The molecule has 0 saturated carbocycles. The van der Waals surface area contributed by atoms with E-state index in [2.05, 4.69) is 15.1 Å². The smallest absolute Gasteiger partial charge is 0.140 e. The Hall–Kier alpha value is -2.63. The van der Waals surface area contributed by atoms with Crippen molar-refractivity contribution in [1.29, 1.82) is 0 Å². The van der Waals surface area contributed by atoms with Gasteiger partial charge in [-0.05, 0) is 26.0 Å². The van der Waals surface area contributed by atoms with Gasteiger partial charge in [0.25, 0.3) is 0 Å². The van der Waals surface area contributed by atoms with Gasteiger partial charge >= 0.3 is 0 Å². The fraction of sp³-hybridized carbons (Fsp3) is 0.267. The number of amidine groups is 1. The molecule has 1 aromatic carbocycles. The highest BCUT2D eigenvalue weighted by atomic mass is 16.4. The van der Waals surface area contributed by atoms with E-state index in [0.717, 1.165) is 23.0 Å². The van der Waals surface area contributed by atoms with Crippen molar-refractivity contribution in [3.63, 3.8) is 0 Å². The van der Waals surface area contributed by atoms with Gasteiger partial charge in [-0.15, -0.1) is 0 Å². The molecule has 2 rings (SSSR count). The third-order valence-corrected chi connectivity index (χ3v) is 3.02. The van der Waals surface area contributed by atoms with Crippen LogP contribution in [-0.2, 0) is 0 Å².